The van der Waals surface area contributed by atoms with Crippen LogP contribution in [0.3, 0.4) is 0 Å². The lowest BCUT2D eigenvalue weighted by atomic mass is 9.86. The molecule has 0 fully saturated rings. The summed E-state index contributed by atoms with van der Waals surface area (Å²) in [4.78, 5) is 0. The van der Waals surface area contributed by atoms with Crippen molar-refractivity contribution in [1.29, 1.82) is 0 Å². The molecule has 3 heteroatoms. The molecule has 0 saturated carbocycles. The van der Waals surface area contributed by atoms with Gasteiger partial charge in [-0.15, -0.1) is 0 Å². The van der Waals surface area contributed by atoms with E-state index in [1.807, 2.05) is 40.9 Å². The van der Waals surface area contributed by atoms with E-state index in [-0.39, 0.29) is 5.92 Å². The van der Waals surface area contributed by atoms with E-state index in [4.69, 9.17) is 0 Å². The number of hydrogen-bond donors (Lipinski definition) is 1. The number of nitrogens with zero attached hydrogens (tertiary/aromatic N) is 2. The number of aliphatic hydroxyl groups is 1. The van der Waals surface area contributed by atoms with E-state index in [2.05, 4.69) is 5.10 Å². The third kappa shape index (κ3) is 1.75. The second kappa shape index (κ2) is 3.14. The summed E-state index contributed by atoms with van der Waals surface area (Å²) < 4.78 is 1.74. The molecular formula is C10H18N2O. The lowest BCUT2D eigenvalue weighted by Crippen LogP contribution is -2.28. The predicted octanol–water partition coefficient (Wildman–Crippen LogP) is 1.59. The minimum Gasteiger partial charge on any atom is -0.385 e. The molecule has 0 aliphatic carbocycles. The Labute approximate surface area is 79.4 Å². The van der Waals surface area contributed by atoms with E-state index in [9.17, 15) is 5.11 Å². The SMILES string of the molecule is Cc1nn(C)cc1C(C)(O)C(C)C. The van der Waals surface area contributed by atoms with Crippen molar-refractivity contribution in [1.82, 2.24) is 9.78 Å². The molecule has 0 radical (unpaired) electrons. The van der Waals surface area contributed by atoms with Crippen LogP contribution in [0.15, 0.2) is 6.20 Å². The van der Waals surface area contributed by atoms with E-state index in [1.54, 1.807) is 4.68 Å². The highest BCUT2D eigenvalue weighted by Gasteiger charge is 2.30. The Morgan fingerprint density at radius 1 is 1.54 bits per heavy atom. The van der Waals surface area contributed by atoms with E-state index in [0.29, 0.717) is 0 Å². The monoisotopic (exact) mass is 182 g/mol. The van der Waals surface area contributed by atoms with Crippen LogP contribution in [0.25, 0.3) is 0 Å². The minimum absolute atomic E-state index is 0.190. The van der Waals surface area contributed by atoms with Crippen molar-refractivity contribution >= 4 is 0 Å². The Bertz CT molecular complexity index is 300. The van der Waals surface area contributed by atoms with Crippen molar-refractivity contribution in [3.05, 3.63) is 17.5 Å². The topological polar surface area (TPSA) is 38.0 Å². The van der Waals surface area contributed by atoms with Gasteiger partial charge in [-0.05, 0) is 19.8 Å². The fourth-order valence-corrected chi connectivity index (χ4v) is 1.41. The third-order valence-electron chi connectivity index (χ3n) is 2.68. The summed E-state index contributed by atoms with van der Waals surface area (Å²) in [6, 6.07) is 0. The van der Waals surface area contributed by atoms with Crippen molar-refractivity contribution in [2.45, 2.75) is 33.3 Å². The first-order chi connectivity index (χ1) is 5.85. The highest BCUT2D eigenvalue weighted by Crippen LogP contribution is 2.30. The molecule has 0 aliphatic heterocycles. The van der Waals surface area contributed by atoms with Crippen LogP contribution >= 0.6 is 0 Å². The van der Waals surface area contributed by atoms with E-state index >= 15 is 0 Å². The van der Waals surface area contributed by atoms with Gasteiger partial charge in [0.2, 0.25) is 0 Å². The number of aryl methyl sites for hydroxylation is 2. The molecule has 74 valence electrons. The van der Waals surface area contributed by atoms with Crippen LogP contribution in [0.4, 0.5) is 0 Å². The van der Waals surface area contributed by atoms with Crippen molar-refractivity contribution in [2.75, 3.05) is 0 Å². The maximum Gasteiger partial charge on any atom is 0.0924 e. The molecule has 1 rings (SSSR count). The highest BCUT2D eigenvalue weighted by molar-refractivity contribution is 5.23. The molecule has 0 amide bonds. The van der Waals surface area contributed by atoms with Crippen LogP contribution in [0.5, 0.6) is 0 Å². The zero-order valence-corrected chi connectivity index (χ0v) is 9.00. The van der Waals surface area contributed by atoms with Gasteiger partial charge < -0.3 is 5.11 Å². The maximum atomic E-state index is 10.2. The average Bonchev–Trinajstić information content (AvgIpc) is 2.30. The molecule has 1 unspecified atom stereocenters. The summed E-state index contributed by atoms with van der Waals surface area (Å²) in [5.41, 5.74) is 1.05. The summed E-state index contributed by atoms with van der Waals surface area (Å²) in [7, 11) is 1.87. The Morgan fingerprint density at radius 2 is 2.08 bits per heavy atom. The quantitative estimate of drug-likeness (QED) is 0.754. The van der Waals surface area contributed by atoms with Gasteiger partial charge in [0.05, 0.1) is 11.3 Å². The van der Waals surface area contributed by atoms with Crippen molar-refractivity contribution < 1.29 is 5.11 Å². The molecule has 13 heavy (non-hydrogen) atoms. The molecule has 0 saturated heterocycles. The summed E-state index contributed by atoms with van der Waals surface area (Å²) in [5.74, 6) is 0.190. The van der Waals surface area contributed by atoms with Gasteiger partial charge in [0.1, 0.15) is 0 Å². The standard InChI is InChI=1S/C10H18N2O/c1-7(2)10(4,13)9-6-12(5)11-8(9)3/h6-7,13H,1-5H3. The Balaban J connectivity index is 3.13. The second-order valence-corrected chi connectivity index (χ2v) is 4.10. The van der Waals surface area contributed by atoms with Crippen LogP contribution in [-0.4, -0.2) is 14.9 Å². The second-order valence-electron chi connectivity index (χ2n) is 4.10. The van der Waals surface area contributed by atoms with Gasteiger partial charge >= 0.3 is 0 Å². The van der Waals surface area contributed by atoms with Crippen molar-refractivity contribution in [2.24, 2.45) is 13.0 Å². The summed E-state index contributed by atoms with van der Waals surface area (Å²) in [5, 5.41) is 14.4. The fraction of sp³-hybridized carbons (Fsp3) is 0.700. The highest BCUT2D eigenvalue weighted by atomic mass is 16.3. The molecule has 1 heterocycles. The van der Waals surface area contributed by atoms with Gasteiger partial charge in [-0.1, -0.05) is 13.8 Å². The number of aromatic nitrogens is 2. The third-order valence-corrected chi connectivity index (χ3v) is 2.68. The first-order valence-corrected chi connectivity index (χ1v) is 4.58. The van der Waals surface area contributed by atoms with Gasteiger partial charge in [0.15, 0.2) is 0 Å². The first-order valence-electron chi connectivity index (χ1n) is 4.58. The smallest absolute Gasteiger partial charge is 0.0924 e. The van der Waals surface area contributed by atoms with Crippen LogP contribution in [0.2, 0.25) is 0 Å². The number of hydrogen-bond acceptors (Lipinski definition) is 2. The van der Waals surface area contributed by atoms with Gasteiger partial charge in [0, 0.05) is 18.8 Å². The first kappa shape index (κ1) is 10.3. The zero-order valence-electron chi connectivity index (χ0n) is 9.00. The molecule has 0 aliphatic rings. The van der Waals surface area contributed by atoms with E-state index in [0.717, 1.165) is 11.3 Å². The predicted molar refractivity (Wildman–Crippen MR) is 52.4 cm³/mol. The largest absolute Gasteiger partial charge is 0.385 e. The van der Waals surface area contributed by atoms with Gasteiger partial charge in [0.25, 0.3) is 0 Å². The summed E-state index contributed by atoms with van der Waals surface area (Å²) in [6.45, 7) is 7.77. The van der Waals surface area contributed by atoms with Crippen molar-refractivity contribution in [3.63, 3.8) is 0 Å². The van der Waals surface area contributed by atoms with E-state index < -0.39 is 5.60 Å². The fourth-order valence-electron chi connectivity index (χ4n) is 1.41. The zero-order chi connectivity index (χ0) is 10.2. The van der Waals surface area contributed by atoms with Gasteiger partial charge in [-0.25, -0.2) is 0 Å². The molecule has 1 N–H and O–H groups in total. The molecule has 1 atom stereocenters. The molecule has 1 aromatic rings. The normalized spacial score (nSPS) is 16.2. The Morgan fingerprint density at radius 3 is 2.38 bits per heavy atom. The van der Waals surface area contributed by atoms with Crippen LogP contribution in [0.1, 0.15) is 32.0 Å². The molecule has 0 spiro atoms. The van der Waals surface area contributed by atoms with Gasteiger partial charge in [-0.3, -0.25) is 4.68 Å². The minimum atomic E-state index is -0.779. The van der Waals surface area contributed by atoms with Gasteiger partial charge in [-0.2, -0.15) is 5.10 Å². The molecule has 0 aromatic carbocycles. The van der Waals surface area contributed by atoms with Crippen LogP contribution < -0.4 is 0 Å². The molecule has 3 nitrogen and oxygen atoms in total. The number of rotatable bonds is 2. The van der Waals surface area contributed by atoms with Crippen molar-refractivity contribution in [3.8, 4) is 0 Å². The molecule has 0 bridgehead atoms. The average molecular weight is 182 g/mol. The summed E-state index contributed by atoms with van der Waals surface area (Å²) >= 11 is 0. The lowest BCUT2D eigenvalue weighted by Gasteiger charge is -2.27. The van der Waals surface area contributed by atoms with Crippen LogP contribution in [0, 0.1) is 12.8 Å². The molecule has 1 aromatic heterocycles. The molecular weight excluding hydrogens is 164 g/mol. The maximum absolute atomic E-state index is 10.2. The summed E-state index contributed by atoms with van der Waals surface area (Å²) in [6.07, 6.45) is 1.88. The van der Waals surface area contributed by atoms with E-state index in [1.165, 1.54) is 0 Å². The lowest BCUT2D eigenvalue weighted by molar-refractivity contribution is 0.00842. The van der Waals surface area contributed by atoms with Crippen LogP contribution in [-0.2, 0) is 12.6 Å². The Hall–Kier alpha value is -0.830. The Kier molecular flexibility index (Phi) is 2.48.